The Morgan fingerprint density at radius 3 is 2.90 bits per heavy atom. The predicted molar refractivity (Wildman–Crippen MR) is 85.2 cm³/mol. The molecule has 4 nitrogen and oxygen atoms in total. The summed E-state index contributed by atoms with van der Waals surface area (Å²) in [5.41, 5.74) is 1.23. The van der Waals surface area contributed by atoms with Crippen LogP contribution in [0.2, 0.25) is 0 Å². The monoisotopic (exact) mass is 290 g/mol. The van der Waals surface area contributed by atoms with Gasteiger partial charge in [-0.3, -0.25) is 0 Å². The first kappa shape index (κ1) is 14.7. The third kappa shape index (κ3) is 4.11. The van der Waals surface area contributed by atoms with E-state index in [1.165, 1.54) is 18.5 Å². The van der Waals surface area contributed by atoms with Crippen LogP contribution in [0.15, 0.2) is 24.3 Å². The zero-order chi connectivity index (χ0) is 14.3. The number of hydrogen-bond acceptors (Lipinski definition) is 4. The number of anilines is 1. The molecule has 3 rings (SSSR count). The number of hydrogen-bond donors (Lipinski definition) is 1. The van der Waals surface area contributed by atoms with Crippen molar-refractivity contribution in [1.82, 2.24) is 5.32 Å². The van der Waals surface area contributed by atoms with E-state index in [1.54, 1.807) is 0 Å². The van der Waals surface area contributed by atoms with Crippen LogP contribution < -0.4 is 15.0 Å². The quantitative estimate of drug-likeness (QED) is 0.816. The van der Waals surface area contributed by atoms with Crippen LogP contribution >= 0.6 is 0 Å². The molecule has 1 N–H and O–H groups in total. The van der Waals surface area contributed by atoms with E-state index in [9.17, 15) is 0 Å². The third-order valence-electron chi connectivity index (χ3n) is 4.27. The molecule has 1 aromatic rings. The second-order valence-electron chi connectivity index (χ2n) is 5.83. The zero-order valence-corrected chi connectivity index (χ0v) is 12.7. The molecule has 116 valence electrons. The van der Waals surface area contributed by atoms with E-state index in [-0.39, 0.29) is 0 Å². The summed E-state index contributed by atoms with van der Waals surface area (Å²) < 4.78 is 11.7. The molecule has 0 saturated carbocycles. The van der Waals surface area contributed by atoms with Gasteiger partial charge in [-0.05, 0) is 37.8 Å². The molecule has 1 aromatic carbocycles. The normalized spacial score (nSPS) is 22.5. The van der Waals surface area contributed by atoms with Gasteiger partial charge in [-0.25, -0.2) is 0 Å². The lowest BCUT2D eigenvalue weighted by molar-refractivity contribution is 0.0981. The maximum atomic E-state index is 6.03. The second-order valence-corrected chi connectivity index (χ2v) is 5.83. The maximum Gasteiger partial charge on any atom is 0.142 e. The number of nitrogens with zero attached hydrogens (tertiary/aromatic N) is 1. The number of benzene rings is 1. The number of para-hydroxylation sites is 2. The molecule has 0 aliphatic carbocycles. The molecule has 2 aliphatic heterocycles. The molecule has 4 heteroatoms. The van der Waals surface area contributed by atoms with E-state index < -0.39 is 0 Å². The predicted octanol–water partition coefficient (Wildman–Crippen LogP) is 2.43. The van der Waals surface area contributed by atoms with Gasteiger partial charge in [-0.1, -0.05) is 12.1 Å². The molecule has 2 fully saturated rings. The minimum absolute atomic E-state index is 0.469. The molecular weight excluding hydrogens is 264 g/mol. The lowest BCUT2D eigenvalue weighted by Crippen LogP contribution is -2.43. The van der Waals surface area contributed by atoms with Crippen molar-refractivity contribution in [3.63, 3.8) is 0 Å². The Hall–Kier alpha value is -1.26. The minimum Gasteiger partial charge on any atom is -0.491 e. The van der Waals surface area contributed by atoms with Crippen molar-refractivity contribution in [2.45, 2.75) is 31.8 Å². The van der Waals surface area contributed by atoms with Gasteiger partial charge in [-0.2, -0.15) is 0 Å². The summed E-state index contributed by atoms with van der Waals surface area (Å²) in [6.07, 6.45) is 5.10. The van der Waals surface area contributed by atoms with Crippen molar-refractivity contribution >= 4 is 5.69 Å². The Kier molecular flexibility index (Phi) is 5.35. The van der Waals surface area contributed by atoms with Gasteiger partial charge in [0.05, 0.1) is 18.4 Å². The number of ether oxygens (including phenoxy) is 2. The largest absolute Gasteiger partial charge is 0.491 e. The highest BCUT2D eigenvalue weighted by atomic mass is 16.5. The molecular formula is C17H26N2O2. The van der Waals surface area contributed by atoms with Gasteiger partial charge < -0.3 is 19.7 Å². The SMILES string of the molecule is c1ccc(N2CCNCC2)c(OCCCC2CCCO2)c1. The van der Waals surface area contributed by atoms with E-state index in [0.29, 0.717) is 6.10 Å². The van der Waals surface area contributed by atoms with Crippen LogP contribution in [-0.2, 0) is 4.74 Å². The molecule has 1 atom stereocenters. The molecule has 1 unspecified atom stereocenters. The molecule has 2 heterocycles. The standard InChI is InChI=1S/C17H26N2O2/c1-2-8-17(16(7-1)19-11-9-18-10-12-19)21-14-4-6-15-5-3-13-20-15/h1-2,7-8,15,18H,3-6,9-14H2. The van der Waals surface area contributed by atoms with Gasteiger partial charge >= 0.3 is 0 Å². The lowest BCUT2D eigenvalue weighted by Gasteiger charge is -2.30. The first-order chi connectivity index (χ1) is 10.4. The summed E-state index contributed by atoms with van der Waals surface area (Å²) in [6, 6.07) is 8.40. The molecule has 0 aromatic heterocycles. The number of nitrogens with one attached hydrogen (secondary N) is 1. The fourth-order valence-electron chi connectivity index (χ4n) is 3.11. The fraction of sp³-hybridized carbons (Fsp3) is 0.647. The van der Waals surface area contributed by atoms with Crippen molar-refractivity contribution in [3.05, 3.63) is 24.3 Å². The van der Waals surface area contributed by atoms with Crippen molar-refractivity contribution in [1.29, 1.82) is 0 Å². The maximum absolute atomic E-state index is 6.03. The van der Waals surface area contributed by atoms with E-state index in [1.807, 2.05) is 0 Å². The van der Waals surface area contributed by atoms with Gasteiger partial charge in [0.15, 0.2) is 0 Å². The number of piperazine rings is 1. The lowest BCUT2D eigenvalue weighted by atomic mass is 10.1. The Morgan fingerprint density at radius 2 is 2.10 bits per heavy atom. The third-order valence-corrected chi connectivity index (χ3v) is 4.27. The van der Waals surface area contributed by atoms with Crippen molar-refractivity contribution in [2.24, 2.45) is 0 Å². The molecule has 0 radical (unpaired) electrons. The first-order valence-corrected chi connectivity index (χ1v) is 8.22. The molecule has 0 bridgehead atoms. The molecule has 2 aliphatic rings. The highest BCUT2D eigenvalue weighted by molar-refractivity contribution is 5.58. The zero-order valence-electron chi connectivity index (χ0n) is 12.7. The van der Waals surface area contributed by atoms with Gasteiger partial charge in [-0.15, -0.1) is 0 Å². The summed E-state index contributed by atoms with van der Waals surface area (Å²) in [5.74, 6) is 1.02. The average Bonchev–Trinajstić information content (AvgIpc) is 3.06. The van der Waals surface area contributed by atoms with Crippen molar-refractivity contribution in [3.8, 4) is 5.75 Å². The van der Waals surface area contributed by atoms with Crippen LogP contribution in [0.5, 0.6) is 5.75 Å². The average molecular weight is 290 g/mol. The smallest absolute Gasteiger partial charge is 0.142 e. The number of rotatable bonds is 6. The Labute approximate surface area is 127 Å². The molecule has 0 amide bonds. The Balaban J connectivity index is 1.49. The minimum atomic E-state index is 0.469. The second kappa shape index (κ2) is 7.66. The topological polar surface area (TPSA) is 33.7 Å². The van der Waals surface area contributed by atoms with Crippen LogP contribution in [-0.4, -0.2) is 45.5 Å². The van der Waals surface area contributed by atoms with Gasteiger partial charge in [0.2, 0.25) is 0 Å². The van der Waals surface area contributed by atoms with Gasteiger partial charge in [0, 0.05) is 32.8 Å². The van der Waals surface area contributed by atoms with Crippen LogP contribution in [0, 0.1) is 0 Å². The molecule has 2 saturated heterocycles. The van der Waals surface area contributed by atoms with E-state index in [2.05, 4.69) is 34.5 Å². The summed E-state index contributed by atoms with van der Waals surface area (Å²) in [5, 5.41) is 3.39. The van der Waals surface area contributed by atoms with Gasteiger partial charge in [0.25, 0.3) is 0 Å². The van der Waals surface area contributed by atoms with Crippen LogP contribution in [0.4, 0.5) is 5.69 Å². The summed E-state index contributed by atoms with van der Waals surface area (Å²) in [6.45, 7) is 5.92. The van der Waals surface area contributed by atoms with Gasteiger partial charge in [0.1, 0.15) is 5.75 Å². The van der Waals surface area contributed by atoms with Crippen molar-refractivity contribution < 1.29 is 9.47 Å². The van der Waals surface area contributed by atoms with Crippen LogP contribution in [0.25, 0.3) is 0 Å². The fourth-order valence-corrected chi connectivity index (χ4v) is 3.11. The van der Waals surface area contributed by atoms with E-state index in [0.717, 1.165) is 58.0 Å². The van der Waals surface area contributed by atoms with Crippen molar-refractivity contribution in [2.75, 3.05) is 44.3 Å². The van der Waals surface area contributed by atoms with E-state index in [4.69, 9.17) is 9.47 Å². The Morgan fingerprint density at radius 1 is 1.24 bits per heavy atom. The summed E-state index contributed by atoms with van der Waals surface area (Å²) in [4.78, 5) is 2.41. The Bertz CT molecular complexity index is 427. The molecule has 0 spiro atoms. The first-order valence-electron chi connectivity index (χ1n) is 8.22. The summed E-state index contributed by atoms with van der Waals surface area (Å²) >= 11 is 0. The van der Waals surface area contributed by atoms with E-state index >= 15 is 0 Å². The highest BCUT2D eigenvalue weighted by Crippen LogP contribution is 2.28. The van der Waals surface area contributed by atoms with Crippen LogP contribution in [0.1, 0.15) is 25.7 Å². The highest BCUT2D eigenvalue weighted by Gasteiger charge is 2.16. The summed E-state index contributed by atoms with van der Waals surface area (Å²) in [7, 11) is 0. The molecule has 21 heavy (non-hydrogen) atoms. The van der Waals surface area contributed by atoms with Crippen LogP contribution in [0.3, 0.4) is 0 Å².